The molecule has 1 fully saturated rings. The highest BCUT2D eigenvalue weighted by Gasteiger charge is 2.41. The summed E-state index contributed by atoms with van der Waals surface area (Å²) in [7, 11) is 2.90. The van der Waals surface area contributed by atoms with Crippen molar-refractivity contribution in [2.24, 2.45) is 0 Å². The van der Waals surface area contributed by atoms with Crippen molar-refractivity contribution in [1.29, 1.82) is 0 Å². The van der Waals surface area contributed by atoms with Gasteiger partial charge in [0.25, 0.3) is 0 Å². The van der Waals surface area contributed by atoms with Gasteiger partial charge in [-0.25, -0.2) is 0 Å². The van der Waals surface area contributed by atoms with Crippen LogP contribution in [0.4, 0.5) is 13.2 Å². The molecular formula is C22H23BrF3NO4. The van der Waals surface area contributed by atoms with Crippen LogP contribution in [0.1, 0.15) is 42.0 Å². The molecule has 31 heavy (non-hydrogen) atoms. The molecule has 2 unspecified atom stereocenters. The summed E-state index contributed by atoms with van der Waals surface area (Å²) >= 11 is 3.46. The number of hydrogen-bond donors (Lipinski definition) is 1. The number of carboxylic acid groups (broad SMARTS) is 1. The molecule has 0 bridgehead atoms. The number of carboxylic acids is 1. The number of ether oxygens (including phenoxy) is 2. The Hall–Kier alpha value is -2.26. The number of alkyl halides is 3. The molecule has 1 N–H and O–H groups in total. The SMILES string of the molecule is COc1cc(Br)c(C(c2ccccc2C(F)(F)F)N2CCCCC2C(=O)O)cc1OC. The van der Waals surface area contributed by atoms with E-state index in [1.54, 1.807) is 17.0 Å². The van der Waals surface area contributed by atoms with E-state index in [-0.39, 0.29) is 5.56 Å². The number of likely N-dealkylation sites (tertiary alicyclic amines) is 1. The number of carbonyl (C=O) groups is 1. The van der Waals surface area contributed by atoms with Gasteiger partial charge in [0.15, 0.2) is 11.5 Å². The molecular weight excluding hydrogens is 479 g/mol. The van der Waals surface area contributed by atoms with Crippen molar-refractivity contribution in [1.82, 2.24) is 4.90 Å². The van der Waals surface area contributed by atoms with Gasteiger partial charge in [0.1, 0.15) is 6.04 Å². The standard InChI is InChI=1S/C22H23BrF3NO4/c1-30-18-11-14(16(23)12-19(18)31-2)20(27-10-6-5-9-17(27)21(28)29)13-7-3-4-8-15(13)22(24,25)26/h3-4,7-8,11-12,17,20H,5-6,9-10H2,1-2H3,(H,28,29). The molecule has 1 saturated heterocycles. The van der Waals surface area contributed by atoms with Crippen molar-refractivity contribution in [3.63, 3.8) is 0 Å². The number of aliphatic carboxylic acids is 1. The maximum Gasteiger partial charge on any atom is 0.416 e. The van der Waals surface area contributed by atoms with Gasteiger partial charge < -0.3 is 14.6 Å². The lowest BCUT2D eigenvalue weighted by atomic mass is 9.89. The van der Waals surface area contributed by atoms with E-state index in [4.69, 9.17) is 9.47 Å². The molecule has 0 aliphatic carbocycles. The fourth-order valence-electron chi connectivity index (χ4n) is 4.13. The molecule has 5 nitrogen and oxygen atoms in total. The third-order valence-electron chi connectivity index (χ3n) is 5.52. The van der Waals surface area contributed by atoms with Gasteiger partial charge in [0, 0.05) is 4.47 Å². The zero-order valence-electron chi connectivity index (χ0n) is 17.1. The molecule has 2 aromatic rings. The summed E-state index contributed by atoms with van der Waals surface area (Å²) < 4.78 is 52.9. The Morgan fingerprint density at radius 2 is 1.77 bits per heavy atom. The summed E-state index contributed by atoms with van der Waals surface area (Å²) in [4.78, 5) is 13.6. The Kier molecular flexibility index (Phi) is 7.16. The van der Waals surface area contributed by atoms with Gasteiger partial charge in [0.2, 0.25) is 0 Å². The molecule has 0 aromatic heterocycles. The second-order valence-electron chi connectivity index (χ2n) is 7.30. The largest absolute Gasteiger partial charge is 0.493 e. The number of piperidine rings is 1. The van der Waals surface area contributed by atoms with Crippen LogP contribution in [0, 0.1) is 0 Å². The average Bonchev–Trinajstić information content (AvgIpc) is 2.74. The zero-order valence-corrected chi connectivity index (χ0v) is 18.7. The minimum Gasteiger partial charge on any atom is -0.493 e. The second-order valence-corrected chi connectivity index (χ2v) is 8.16. The van der Waals surface area contributed by atoms with E-state index in [0.717, 1.165) is 6.07 Å². The summed E-state index contributed by atoms with van der Waals surface area (Å²) in [6.07, 6.45) is -2.83. The Labute approximate surface area is 186 Å². The van der Waals surface area contributed by atoms with Gasteiger partial charge in [-0.2, -0.15) is 13.2 Å². The first-order valence-electron chi connectivity index (χ1n) is 9.75. The Balaban J connectivity index is 2.28. The first kappa shape index (κ1) is 23.4. The molecule has 3 rings (SSSR count). The quantitative estimate of drug-likeness (QED) is 0.565. The van der Waals surface area contributed by atoms with E-state index < -0.39 is 29.8 Å². The Morgan fingerprint density at radius 3 is 2.39 bits per heavy atom. The smallest absolute Gasteiger partial charge is 0.416 e. The van der Waals surface area contributed by atoms with Crippen LogP contribution in [0.3, 0.4) is 0 Å². The monoisotopic (exact) mass is 501 g/mol. The summed E-state index contributed by atoms with van der Waals surface area (Å²) in [6.45, 7) is 0.356. The maximum absolute atomic E-state index is 13.9. The van der Waals surface area contributed by atoms with E-state index in [0.29, 0.717) is 47.3 Å². The molecule has 1 aliphatic rings. The molecule has 1 aliphatic heterocycles. The minimum absolute atomic E-state index is 0.00364. The van der Waals surface area contributed by atoms with Gasteiger partial charge >= 0.3 is 12.1 Å². The number of nitrogens with zero attached hydrogens (tertiary/aromatic N) is 1. The zero-order chi connectivity index (χ0) is 22.8. The predicted octanol–water partition coefficient (Wildman–Crippen LogP) is 5.51. The first-order chi connectivity index (χ1) is 14.7. The van der Waals surface area contributed by atoms with Crippen molar-refractivity contribution < 1.29 is 32.5 Å². The Morgan fingerprint density at radius 1 is 1.13 bits per heavy atom. The van der Waals surface area contributed by atoms with Crippen LogP contribution >= 0.6 is 15.9 Å². The van der Waals surface area contributed by atoms with Gasteiger partial charge in [-0.05, 0) is 48.7 Å². The molecule has 168 valence electrons. The molecule has 2 aromatic carbocycles. The van der Waals surface area contributed by atoms with Gasteiger partial charge in [0.05, 0.1) is 25.8 Å². The predicted molar refractivity (Wildman–Crippen MR) is 113 cm³/mol. The lowest BCUT2D eigenvalue weighted by molar-refractivity contribution is -0.145. The van der Waals surface area contributed by atoms with E-state index in [1.807, 2.05) is 0 Å². The van der Waals surface area contributed by atoms with E-state index in [9.17, 15) is 23.1 Å². The van der Waals surface area contributed by atoms with Crippen LogP contribution in [0.25, 0.3) is 0 Å². The van der Waals surface area contributed by atoms with Gasteiger partial charge in [-0.15, -0.1) is 0 Å². The van der Waals surface area contributed by atoms with Crippen LogP contribution in [-0.2, 0) is 11.0 Å². The fraction of sp³-hybridized carbons (Fsp3) is 0.409. The van der Waals surface area contributed by atoms with Crippen molar-refractivity contribution in [3.8, 4) is 11.5 Å². The summed E-state index contributed by atoms with van der Waals surface area (Å²) in [5.74, 6) is -0.292. The topological polar surface area (TPSA) is 59.0 Å². The maximum atomic E-state index is 13.9. The van der Waals surface area contributed by atoms with Crippen LogP contribution in [0.5, 0.6) is 11.5 Å². The highest BCUT2D eigenvalue weighted by molar-refractivity contribution is 9.10. The van der Waals surface area contributed by atoms with Crippen molar-refractivity contribution in [2.75, 3.05) is 20.8 Å². The van der Waals surface area contributed by atoms with Gasteiger partial charge in [-0.3, -0.25) is 9.69 Å². The van der Waals surface area contributed by atoms with Crippen LogP contribution < -0.4 is 9.47 Å². The lowest BCUT2D eigenvalue weighted by Gasteiger charge is -2.40. The fourth-order valence-corrected chi connectivity index (χ4v) is 4.67. The van der Waals surface area contributed by atoms with Crippen LogP contribution in [0.2, 0.25) is 0 Å². The lowest BCUT2D eigenvalue weighted by Crippen LogP contribution is -2.47. The van der Waals surface area contributed by atoms with Crippen LogP contribution in [0.15, 0.2) is 40.9 Å². The molecule has 2 atom stereocenters. The third-order valence-corrected chi connectivity index (χ3v) is 6.21. The number of methoxy groups -OCH3 is 2. The molecule has 1 heterocycles. The summed E-state index contributed by atoms with van der Waals surface area (Å²) in [5, 5.41) is 9.81. The van der Waals surface area contributed by atoms with E-state index in [1.165, 1.54) is 32.4 Å². The first-order valence-corrected chi connectivity index (χ1v) is 10.5. The Bertz CT molecular complexity index is 951. The summed E-state index contributed by atoms with van der Waals surface area (Å²) in [5.41, 5.74) is -0.324. The summed E-state index contributed by atoms with van der Waals surface area (Å²) in [6, 6.07) is 6.67. The normalized spacial score (nSPS) is 18.5. The minimum atomic E-state index is -4.59. The molecule has 0 spiro atoms. The molecule has 0 amide bonds. The number of benzene rings is 2. The van der Waals surface area contributed by atoms with E-state index in [2.05, 4.69) is 15.9 Å². The van der Waals surface area contributed by atoms with Crippen molar-refractivity contribution in [3.05, 3.63) is 57.6 Å². The number of hydrogen-bond acceptors (Lipinski definition) is 4. The van der Waals surface area contributed by atoms with Crippen LogP contribution in [-0.4, -0.2) is 42.8 Å². The molecule has 0 radical (unpaired) electrons. The number of rotatable bonds is 6. The highest BCUT2D eigenvalue weighted by Crippen LogP contribution is 2.45. The molecule has 0 saturated carbocycles. The van der Waals surface area contributed by atoms with E-state index >= 15 is 0 Å². The van der Waals surface area contributed by atoms with Crippen molar-refractivity contribution in [2.45, 2.75) is 37.5 Å². The van der Waals surface area contributed by atoms with Crippen molar-refractivity contribution >= 4 is 21.9 Å². The number of halogens is 4. The second kappa shape index (κ2) is 9.48. The average molecular weight is 502 g/mol. The van der Waals surface area contributed by atoms with Gasteiger partial charge in [-0.1, -0.05) is 40.5 Å². The third kappa shape index (κ3) is 4.82. The highest BCUT2D eigenvalue weighted by atomic mass is 79.9. The molecule has 9 heteroatoms.